The molecule has 2 bridgehead atoms. The van der Waals surface area contributed by atoms with Crippen LogP contribution in [0.1, 0.15) is 125 Å². The SMILES string of the molecule is CO[C@H]1C[C@@H]2CC[C@@H](C)[C@@](O)(O2)C(=O)C(=O)N2CCCC[C@H]2C(=O)O[C@H]([C@H](C)C[C@H]2CC[C@@H](O)[C@H](OC)C2)CC(=O)[C@@H](C)/C=C(/C)[C@@H](O)[C@@H](OC)C(=O)[C@H](C)CC/C=C/C=CC=C1C. The number of Topliss-reactive ketones (excluding diaryl/α,β-unsaturated/α-hetero) is 3. The number of methoxy groups -OCH3 is 3. The predicted molar refractivity (Wildman–Crippen MR) is 241 cm³/mol. The number of ketones is 3. The van der Waals surface area contributed by atoms with E-state index < -0.39 is 83.9 Å². The number of carbonyl (C=O) groups is 5. The molecule has 64 heavy (non-hydrogen) atoms. The van der Waals surface area contributed by atoms with Crippen molar-refractivity contribution < 1.29 is 63.0 Å². The van der Waals surface area contributed by atoms with E-state index in [4.69, 9.17) is 23.7 Å². The first-order valence-corrected chi connectivity index (χ1v) is 23.5. The van der Waals surface area contributed by atoms with E-state index in [1.165, 1.54) is 12.0 Å². The van der Waals surface area contributed by atoms with Crippen molar-refractivity contribution in [3.8, 4) is 0 Å². The van der Waals surface area contributed by atoms with Crippen molar-refractivity contribution in [1.82, 2.24) is 4.90 Å². The van der Waals surface area contributed by atoms with Crippen LogP contribution in [0.5, 0.6) is 0 Å². The molecule has 4 aliphatic rings. The number of allylic oxidation sites excluding steroid dienone is 6. The van der Waals surface area contributed by atoms with E-state index >= 15 is 0 Å². The third-order valence-electron chi connectivity index (χ3n) is 14.2. The standard InChI is InChI=1S/C50H77NO13/c1-30-17-13-11-10-12-14-18-31(2)44(54)46(62-9)45(55)34(5)25-32(3)40(53)29-42(33(4)26-36-21-23-39(52)43(27-36)61-8)63-49(58)38-19-15-16-24-51(38)48(57)47(56)50(59)35(6)20-22-37(64-50)28-41(30)60-7/h10-13,17,25,31-33,35-39,41-43,45-46,52,55,59H,14-16,18-24,26-29H2,1-9H3/b12-10+,13-11?,30-17?,34-25-/t31-,32+,33-,35-,36-,37+,38+,39-,41+,42+,43-,45-,46+,50-/m1/s1. The lowest BCUT2D eigenvalue weighted by Crippen LogP contribution is -2.61. The molecule has 2 saturated heterocycles. The number of ether oxygens (including phenoxy) is 5. The van der Waals surface area contributed by atoms with Gasteiger partial charge in [0.25, 0.3) is 11.7 Å². The summed E-state index contributed by atoms with van der Waals surface area (Å²) in [5.41, 5.74) is 1.27. The van der Waals surface area contributed by atoms with E-state index in [0.29, 0.717) is 69.8 Å². The molecule has 360 valence electrons. The fourth-order valence-corrected chi connectivity index (χ4v) is 9.77. The average Bonchev–Trinajstić information content (AvgIpc) is 3.28. The Morgan fingerprint density at radius 3 is 2.28 bits per heavy atom. The molecule has 0 aromatic carbocycles. The van der Waals surface area contributed by atoms with Crippen molar-refractivity contribution in [2.24, 2.45) is 29.6 Å². The van der Waals surface area contributed by atoms with Crippen molar-refractivity contribution >= 4 is 29.2 Å². The van der Waals surface area contributed by atoms with Gasteiger partial charge >= 0.3 is 5.97 Å². The van der Waals surface area contributed by atoms with Gasteiger partial charge in [-0.15, -0.1) is 0 Å². The minimum Gasteiger partial charge on any atom is -0.460 e. The van der Waals surface area contributed by atoms with Crippen molar-refractivity contribution in [2.75, 3.05) is 27.9 Å². The lowest BCUT2D eigenvalue weighted by atomic mass is 9.78. The molecule has 14 nitrogen and oxygen atoms in total. The Hall–Kier alpha value is -3.37. The zero-order valence-corrected chi connectivity index (χ0v) is 39.7. The molecule has 0 aromatic rings. The van der Waals surface area contributed by atoms with Crippen LogP contribution in [0.3, 0.4) is 0 Å². The first kappa shape index (κ1) is 53.2. The van der Waals surface area contributed by atoms with Gasteiger partial charge in [-0.25, -0.2) is 4.79 Å². The average molecular weight is 900 g/mol. The molecule has 0 aromatic heterocycles. The van der Waals surface area contributed by atoms with Gasteiger partial charge in [-0.2, -0.15) is 0 Å². The Morgan fingerprint density at radius 1 is 0.859 bits per heavy atom. The van der Waals surface area contributed by atoms with E-state index in [2.05, 4.69) is 0 Å². The maximum absolute atomic E-state index is 14.3. The molecule has 3 heterocycles. The Morgan fingerprint density at radius 2 is 1.59 bits per heavy atom. The normalized spacial score (nSPS) is 38.4. The molecule has 4 rings (SSSR count). The zero-order valence-electron chi connectivity index (χ0n) is 39.7. The molecule has 3 fully saturated rings. The number of carbonyl (C=O) groups excluding carboxylic acids is 5. The van der Waals surface area contributed by atoms with Crippen LogP contribution in [0.2, 0.25) is 0 Å². The van der Waals surface area contributed by atoms with Gasteiger partial charge in [0.15, 0.2) is 5.78 Å². The molecule has 0 spiro atoms. The van der Waals surface area contributed by atoms with Gasteiger partial charge in [-0.3, -0.25) is 19.2 Å². The molecule has 14 heteroatoms. The zero-order chi connectivity index (χ0) is 47.3. The molecule has 1 saturated carbocycles. The highest BCUT2D eigenvalue weighted by Crippen LogP contribution is 2.37. The van der Waals surface area contributed by atoms with Crippen LogP contribution in [0.4, 0.5) is 0 Å². The van der Waals surface area contributed by atoms with Gasteiger partial charge in [-0.05, 0) is 107 Å². The molecular weight excluding hydrogens is 823 g/mol. The molecule has 0 radical (unpaired) electrons. The van der Waals surface area contributed by atoms with Crippen molar-refractivity contribution in [1.29, 1.82) is 0 Å². The molecule has 1 aliphatic carbocycles. The van der Waals surface area contributed by atoms with Crippen LogP contribution in [0.15, 0.2) is 47.6 Å². The van der Waals surface area contributed by atoms with Crippen molar-refractivity contribution in [3.63, 3.8) is 0 Å². The first-order valence-electron chi connectivity index (χ1n) is 23.5. The fourth-order valence-electron chi connectivity index (χ4n) is 9.77. The number of cyclic esters (lactones) is 1. The van der Waals surface area contributed by atoms with E-state index in [1.54, 1.807) is 48.0 Å². The Balaban J connectivity index is 1.69. The molecule has 3 aliphatic heterocycles. The summed E-state index contributed by atoms with van der Waals surface area (Å²) in [7, 11) is 4.51. The molecule has 1 amide bonds. The topological polar surface area (TPSA) is 195 Å². The second-order valence-corrected chi connectivity index (χ2v) is 19.0. The number of piperidine rings is 1. The number of aliphatic hydroxyl groups excluding tert-OH is 2. The number of amides is 1. The number of rotatable bonds is 6. The second-order valence-electron chi connectivity index (χ2n) is 19.0. The van der Waals surface area contributed by atoms with Crippen LogP contribution in [0, 0.1) is 29.6 Å². The van der Waals surface area contributed by atoms with Crippen molar-refractivity contribution in [2.45, 2.75) is 180 Å². The Bertz CT molecular complexity index is 1720. The third-order valence-corrected chi connectivity index (χ3v) is 14.2. The lowest BCUT2D eigenvalue weighted by molar-refractivity contribution is -0.265. The fraction of sp³-hybridized carbons (Fsp3) is 0.740. The van der Waals surface area contributed by atoms with Crippen LogP contribution in [0.25, 0.3) is 0 Å². The Labute approximate surface area is 380 Å². The summed E-state index contributed by atoms with van der Waals surface area (Å²) in [6.07, 6.45) is 11.8. The van der Waals surface area contributed by atoms with Gasteiger partial charge < -0.3 is 43.9 Å². The third kappa shape index (κ3) is 13.8. The Kier molecular flexibility index (Phi) is 20.8. The summed E-state index contributed by atoms with van der Waals surface area (Å²) in [5, 5.41) is 33.7. The van der Waals surface area contributed by atoms with E-state index in [-0.39, 0.29) is 48.9 Å². The minimum absolute atomic E-state index is 0.0891. The van der Waals surface area contributed by atoms with Crippen molar-refractivity contribution in [3.05, 3.63) is 47.6 Å². The highest BCUT2D eigenvalue weighted by atomic mass is 16.6. The van der Waals surface area contributed by atoms with Crippen LogP contribution >= 0.6 is 0 Å². The van der Waals surface area contributed by atoms with Gasteiger partial charge in [0.05, 0.1) is 24.4 Å². The number of hydrogen-bond acceptors (Lipinski definition) is 13. The predicted octanol–water partition coefficient (Wildman–Crippen LogP) is 5.93. The number of hydrogen-bond donors (Lipinski definition) is 3. The minimum atomic E-state index is -2.42. The number of fused-ring (bicyclic) bond motifs is 3. The van der Waals surface area contributed by atoms with E-state index in [0.717, 1.165) is 12.0 Å². The summed E-state index contributed by atoms with van der Waals surface area (Å²) in [5.74, 6) is -7.93. The lowest BCUT2D eigenvalue weighted by Gasteiger charge is -2.42. The van der Waals surface area contributed by atoms with E-state index in [9.17, 15) is 39.3 Å². The highest BCUT2D eigenvalue weighted by molar-refractivity contribution is 6.39. The number of aliphatic hydroxyl groups is 3. The summed E-state index contributed by atoms with van der Waals surface area (Å²) in [4.78, 5) is 71.5. The van der Waals surface area contributed by atoms with Gasteiger partial charge in [-0.1, -0.05) is 64.2 Å². The highest BCUT2D eigenvalue weighted by Gasteiger charge is 2.53. The maximum atomic E-state index is 14.3. The monoisotopic (exact) mass is 900 g/mol. The van der Waals surface area contributed by atoms with Gasteiger partial charge in [0, 0.05) is 58.5 Å². The second kappa shape index (κ2) is 25.0. The largest absolute Gasteiger partial charge is 0.460 e. The maximum Gasteiger partial charge on any atom is 0.329 e. The van der Waals surface area contributed by atoms with Crippen LogP contribution in [-0.2, 0) is 47.7 Å². The summed E-state index contributed by atoms with van der Waals surface area (Å²) in [6, 6.07) is -1.14. The summed E-state index contributed by atoms with van der Waals surface area (Å²) < 4.78 is 29.3. The van der Waals surface area contributed by atoms with Gasteiger partial charge in [0.1, 0.15) is 30.1 Å². The van der Waals surface area contributed by atoms with E-state index in [1.807, 2.05) is 44.2 Å². The number of esters is 1. The first-order chi connectivity index (χ1) is 30.4. The quantitative estimate of drug-likeness (QED) is 0.161. The summed E-state index contributed by atoms with van der Waals surface area (Å²) >= 11 is 0. The molecule has 14 atom stereocenters. The van der Waals surface area contributed by atoms with Crippen LogP contribution < -0.4 is 0 Å². The molecule has 0 unspecified atom stereocenters. The van der Waals surface area contributed by atoms with Gasteiger partial charge in [0.2, 0.25) is 5.79 Å². The summed E-state index contributed by atoms with van der Waals surface area (Å²) in [6.45, 7) is 10.7. The van der Waals surface area contributed by atoms with Crippen LogP contribution in [-0.4, -0.2) is 132 Å². The number of nitrogens with zero attached hydrogens (tertiary/aromatic N) is 1. The molecule has 3 N–H and O–H groups in total. The molecular formula is C50H77NO13. The smallest absolute Gasteiger partial charge is 0.329 e.